The highest BCUT2D eigenvalue weighted by Gasteiger charge is 2.23. The van der Waals surface area contributed by atoms with E-state index in [-0.39, 0.29) is 18.5 Å². The largest absolute Gasteiger partial charge is 0.459 e. The van der Waals surface area contributed by atoms with Crippen molar-refractivity contribution in [2.45, 2.75) is 39.9 Å². The second-order valence-corrected chi connectivity index (χ2v) is 5.90. The third-order valence-corrected chi connectivity index (χ3v) is 3.07. The van der Waals surface area contributed by atoms with Gasteiger partial charge in [0, 0.05) is 6.08 Å². The van der Waals surface area contributed by atoms with Crippen LogP contribution in [0.5, 0.6) is 11.5 Å². The Morgan fingerprint density at radius 1 is 0.960 bits per heavy atom. The summed E-state index contributed by atoms with van der Waals surface area (Å²) in [5.74, 6) is -1.73. The molecule has 0 saturated carbocycles. The number of benzene rings is 1. The second-order valence-electron chi connectivity index (χ2n) is 5.90. The number of esters is 2. The lowest BCUT2D eigenvalue weighted by Gasteiger charge is -2.12. The highest BCUT2D eigenvalue weighted by atomic mass is 16.7. The maximum atomic E-state index is 12.4. The van der Waals surface area contributed by atoms with Crippen LogP contribution < -0.4 is 9.47 Å². The number of fused-ring (bicyclic) bond motifs is 1. The van der Waals surface area contributed by atoms with Crippen LogP contribution in [0.2, 0.25) is 0 Å². The topological polar surface area (TPSA) is 88.1 Å². The minimum Gasteiger partial charge on any atom is -0.459 e. The first kappa shape index (κ1) is 18.5. The van der Waals surface area contributed by atoms with Gasteiger partial charge in [-0.15, -0.1) is 0 Å². The van der Waals surface area contributed by atoms with E-state index in [1.165, 1.54) is 0 Å². The molecule has 2 rings (SSSR count). The van der Waals surface area contributed by atoms with Crippen LogP contribution in [0.4, 0.5) is 0 Å². The molecule has 0 bridgehead atoms. The Morgan fingerprint density at radius 3 is 2.20 bits per heavy atom. The molecule has 1 aromatic rings. The Bertz CT molecular complexity index is 716. The van der Waals surface area contributed by atoms with Crippen LogP contribution >= 0.6 is 0 Å². The van der Waals surface area contributed by atoms with Gasteiger partial charge in [0.05, 0.1) is 17.8 Å². The summed E-state index contributed by atoms with van der Waals surface area (Å²) in [4.78, 5) is 36.2. The van der Waals surface area contributed by atoms with Crippen molar-refractivity contribution in [2.75, 3.05) is 6.79 Å². The van der Waals surface area contributed by atoms with Crippen molar-refractivity contribution in [3.63, 3.8) is 0 Å². The van der Waals surface area contributed by atoms with E-state index in [1.54, 1.807) is 45.9 Å². The SMILES string of the molecule is CC(C)OC(=O)C(=O)/C=C(/C(=O)OC(C)C)c1ccc2c(c1)OCO2. The van der Waals surface area contributed by atoms with Gasteiger partial charge in [0.1, 0.15) is 0 Å². The van der Waals surface area contributed by atoms with Gasteiger partial charge in [-0.1, -0.05) is 6.07 Å². The van der Waals surface area contributed by atoms with E-state index in [0.29, 0.717) is 17.1 Å². The van der Waals surface area contributed by atoms with E-state index >= 15 is 0 Å². The molecule has 1 aliphatic rings. The number of ketones is 1. The molecule has 0 aromatic heterocycles. The van der Waals surface area contributed by atoms with Crippen molar-refractivity contribution in [1.82, 2.24) is 0 Å². The van der Waals surface area contributed by atoms with Gasteiger partial charge in [-0.3, -0.25) is 4.79 Å². The molecule has 134 valence electrons. The van der Waals surface area contributed by atoms with Crippen LogP contribution in [0, 0.1) is 0 Å². The van der Waals surface area contributed by atoms with Gasteiger partial charge >= 0.3 is 11.9 Å². The maximum Gasteiger partial charge on any atom is 0.379 e. The van der Waals surface area contributed by atoms with Crippen molar-refractivity contribution in [3.05, 3.63) is 29.8 Å². The molecule has 0 radical (unpaired) electrons. The number of rotatable bonds is 6. The Hall–Kier alpha value is -2.83. The van der Waals surface area contributed by atoms with E-state index in [4.69, 9.17) is 18.9 Å². The molecule has 25 heavy (non-hydrogen) atoms. The van der Waals surface area contributed by atoms with Crippen molar-refractivity contribution < 1.29 is 33.3 Å². The molecular formula is C18H20O7. The van der Waals surface area contributed by atoms with Crippen molar-refractivity contribution >= 4 is 23.3 Å². The van der Waals surface area contributed by atoms with Crippen molar-refractivity contribution in [3.8, 4) is 11.5 Å². The molecule has 7 heteroatoms. The molecule has 0 spiro atoms. The average molecular weight is 348 g/mol. The summed E-state index contributed by atoms with van der Waals surface area (Å²) in [7, 11) is 0. The van der Waals surface area contributed by atoms with Gasteiger partial charge in [-0.05, 0) is 45.4 Å². The van der Waals surface area contributed by atoms with E-state index in [0.717, 1.165) is 6.08 Å². The normalized spacial score (nSPS) is 13.1. The number of carbonyl (C=O) groups excluding carboxylic acids is 3. The minimum absolute atomic E-state index is 0.0577. The van der Waals surface area contributed by atoms with Crippen LogP contribution in [-0.2, 0) is 23.9 Å². The van der Waals surface area contributed by atoms with Crippen molar-refractivity contribution in [2.24, 2.45) is 0 Å². The van der Waals surface area contributed by atoms with E-state index in [2.05, 4.69) is 0 Å². The molecule has 0 amide bonds. The van der Waals surface area contributed by atoms with Crippen LogP contribution in [0.25, 0.3) is 5.57 Å². The van der Waals surface area contributed by atoms with Gasteiger partial charge in [0.25, 0.3) is 5.78 Å². The predicted octanol–water partition coefficient (Wildman–Crippen LogP) is 2.27. The molecule has 0 atom stereocenters. The van der Waals surface area contributed by atoms with Crippen LogP contribution in [0.3, 0.4) is 0 Å². The standard InChI is InChI=1S/C18H20O7/c1-10(2)24-17(20)13(8-14(19)18(21)25-11(3)4)12-5-6-15-16(7-12)23-9-22-15/h5-8,10-11H,9H2,1-4H3/b13-8+. The molecule has 0 N–H and O–H groups in total. The molecule has 0 fully saturated rings. The maximum absolute atomic E-state index is 12.4. The Labute approximate surface area is 145 Å². The summed E-state index contributed by atoms with van der Waals surface area (Å²) in [6, 6.07) is 4.75. The smallest absolute Gasteiger partial charge is 0.379 e. The summed E-state index contributed by atoms with van der Waals surface area (Å²) >= 11 is 0. The summed E-state index contributed by atoms with van der Waals surface area (Å²) in [6.07, 6.45) is 0.0940. The lowest BCUT2D eigenvalue weighted by Crippen LogP contribution is -2.21. The fourth-order valence-corrected chi connectivity index (χ4v) is 2.06. The monoisotopic (exact) mass is 348 g/mol. The molecule has 1 aromatic carbocycles. The summed E-state index contributed by atoms with van der Waals surface area (Å²) in [5, 5.41) is 0. The molecule has 7 nitrogen and oxygen atoms in total. The number of hydrogen-bond acceptors (Lipinski definition) is 7. The molecule has 1 aliphatic heterocycles. The first-order valence-corrected chi connectivity index (χ1v) is 7.85. The Kier molecular flexibility index (Phi) is 5.80. The fourth-order valence-electron chi connectivity index (χ4n) is 2.06. The molecule has 0 aliphatic carbocycles. The Balaban J connectivity index is 2.36. The van der Waals surface area contributed by atoms with Crippen LogP contribution in [0.1, 0.15) is 33.3 Å². The first-order chi connectivity index (χ1) is 11.8. The van der Waals surface area contributed by atoms with Crippen LogP contribution in [0.15, 0.2) is 24.3 Å². The molecular weight excluding hydrogens is 328 g/mol. The van der Waals surface area contributed by atoms with Gasteiger partial charge < -0.3 is 18.9 Å². The van der Waals surface area contributed by atoms with Gasteiger partial charge in [0.15, 0.2) is 11.5 Å². The molecule has 0 saturated heterocycles. The third-order valence-electron chi connectivity index (χ3n) is 3.07. The fraction of sp³-hybridized carbons (Fsp3) is 0.389. The minimum atomic E-state index is -1.04. The predicted molar refractivity (Wildman–Crippen MR) is 88.0 cm³/mol. The molecule has 1 heterocycles. The molecule has 0 unspecified atom stereocenters. The zero-order valence-electron chi connectivity index (χ0n) is 14.5. The van der Waals surface area contributed by atoms with Gasteiger partial charge in [0.2, 0.25) is 6.79 Å². The summed E-state index contributed by atoms with van der Waals surface area (Å²) in [5.41, 5.74) is 0.318. The van der Waals surface area contributed by atoms with Crippen LogP contribution in [-0.4, -0.2) is 36.7 Å². The number of hydrogen-bond donors (Lipinski definition) is 0. The van der Waals surface area contributed by atoms with E-state index < -0.39 is 23.8 Å². The number of ether oxygens (including phenoxy) is 4. The van der Waals surface area contributed by atoms with E-state index in [1.807, 2.05) is 0 Å². The Morgan fingerprint density at radius 2 is 1.56 bits per heavy atom. The quantitative estimate of drug-likeness (QED) is 0.443. The highest BCUT2D eigenvalue weighted by Crippen LogP contribution is 2.34. The van der Waals surface area contributed by atoms with E-state index in [9.17, 15) is 14.4 Å². The first-order valence-electron chi connectivity index (χ1n) is 7.85. The zero-order chi connectivity index (χ0) is 18.6. The lowest BCUT2D eigenvalue weighted by atomic mass is 10.0. The summed E-state index contributed by atoms with van der Waals surface area (Å²) in [6.45, 7) is 6.70. The summed E-state index contributed by atoms with van der Waals surface area (Å²) < 4.78 is 20.5. The van der Waals surface area contributed by atoms with Gasteiger partial charge in [-0.2, -0.15) is 0 Å². The number of carbonyl (C=O) groups is 3. The van der Waals surface area contributed by atoms with Crippen molar-refractivity contribution in [1.29, 1.82) is 0 Å². The lowest BCUT2D eigenvalue weighted by molar-refractivity contribution is -0.154. The second kappa shape index (κ2) is 7.83. The highest BCUT2D eigenvalue weighted by molar-refractivity contribution is 6.42. The zero-order valence-corrected chi connectivity index (χ0v) is 14.5. The van der Waals surface area contributed by atoms with Gasteiger partial charge in [-0.25, -0.2) is 9.59 Å². The third kappa shape index (κ3) is 4.82. The average Bonchev–Trinajstić information content (AvgIpc) is 2.98.